The van der Waals surface area contributed by atoms with Gasteiger partial charge < -0.3 is 15.2 Å². The summed E-state index contributed by atoms with van der Waals surface area (Å²) in [4.78, 5) is 0. The Morgan fingerprint density at radius 2 is 1.80 bits per heavy atom. The smallest absolute Gasteiger partial charge is 0.163 e. The van der Waals surface area contributed by atoms with Crippen LogP contribution in [-0.4, -0.2) is 13.2 Å². The number of hydrogen-bond donors (Lipinski definition) is 1. The molecule has 1 fully saturated rings. The van der Waals surface area contributed by atoms with Crippen molar-refractivity contribution in [2.75, 3.05) is 7.11 Å². The van der Waals surface area contributed by atoms with Crippen LogP contribution in [0.3, 0.4) is 0 Å². The topological polar surface area (TPSA) is 44.5 Å². The average Bonchev–Trinajstić information content (AvgIpc) is 2.40. The largest absolute Gasteiger partial charge is 0.493 e. The molecule has 2 N–H and O–H groups in total. The molecule has 4 heteroatoms. The van der Waals surface area contributed by atoms with Crippen molar-refractivity contribution in [2.24, 2.45) is 5.73 Å². The minimum atomic E-state index is -0.580. The third-order valence-corrected chi connectivity index (χ3v) is 3.90. The van der Waals surface area contributed by atoms with E-state index in [0.717, 1.165) is 25.7 Å². The Morgan fingerprint density at radius 1 is 1.15 bits per heavy atom. The quantitative estimate of drug-likeness (QED) is 0.914. The van der Waals surface area contributed by atoms with E-state index in [1.807, 2.05) is 13.8 Å². The van der Waals surface area contributed by atoms with Crippen LogP contribution in [0.25, 0.3) is 0 Å². The number of ether oxygens (including phenoxy) is 2. The van der Waals surface area contributed by atoms with Crippen LogP contribution in [0.5, 0.6) is 11.5 Å². The van der Waals surface area contributed by atoms with E-state index in [-0.39, 0.29) is 11.9 Å². The zero-order valence-corrected chi connectivity index (χ0v) is 12.5. The van der Waals surface area contributed by atoms with E-state index in [9.17, 15) is 4.39 Å². The summed E-state index contributed by atoms with van der Waals surface area (Å²) in [5.74, 6) is 0.677. The molecular formula is C16H24FNO2. The lowest BCUT2D eigenvalue weighted by molar-refractivity contribution is 0.226. The summed E-state index contributed by atoms with van der Waals surface area (Å²) in [7, 11) is 1.51. The molecule has 1 saturated carbocycles. The number of methoxy groups -OCH3 is 1. The zero-order valence-electron chi connectivity index (χ0n) is 12.5. The molecule has 0 atom stereocenters. The van der Waals surface area contributed by atoms with Gasteiger partial charge in [0.25, 0.3) is 0 Å². The van der Waals surface area contributed by atoms with E-state index in [1.54, 1.807) is 6.07 Å². The maximum atomic E-state index is 14.4. The highest BCUT2D eigenvalue weighted by Crippen LogP contribution is 2.40. The van der Waals surface area contributed by atoms with Crippen molar-refractivity contribution in [3.63, 3.8) is 0 Å². The van der Waals surface area contributed by atoms with Crippen molar-refractivity contribution in [1.29, 1.82) is 0 Å². The Bertz CT molecular complexity index is 468. The van der Waals surface area contributed by atoms with E-state index >= 15 is 0 Å². The summed E-state index contributed by atoms with van der Waals surface area (Å²) >= 11 is 0. The molecule has 112 valence electrons. The normalized spacial score (nSPS) is 18.1. The molecule has 20 heavy (non-hydrogen) atoms. The van der Waals surface area contributed by atoms with Gasteiger partial charge in [0.05, 0.1) is 13.2 Å². The first-order valence-electron chi connectivity index (χ1n) is 7.30. The molecule has 0 aromatic heterocycles. The molecule has 1 aromatic rings. The molecule has 0 amide bonds. The second-order valence-electron chi connectivity index (χ2n) is 5.87. The summed E-state index contributed by atoms with van der Waals surface area (Å²) < 4.78 is 25.3. The van der Waals surface area contributed by atoms with Gasteiger partial charge in [0, 0.05) is 17.2 Å². The Hall–Kier alpha value is -1.29. The van der Waals surface area contributed by atoms with Crippen LogP contribution in [0.15, 0.2) is 12.1 Å². The Kier molecular flexibility index (Phi) is 4.53. The van der Waals surface area contributed by atoms with Crippen molar-refractivity contribution in [2.45, 2.75) is 57.6 Å². The highest BCUT2D eigenvalue weighted by atomic mass is 19.1. The molecule has 0 radical (unpaired) electrons. The maximum Gasteiger partial charge on any atom is 0.163 e. The van der Waals surface area contributed by atoms with Gasteiger partial charge in [0.15, 0.2) is 11.5 Å². The fourth-order valence-corrected chi connectivity index (χ4v) is 2.87. The molecule has 0 unspecified atom stereocenters. The molecule has 0 aliphatic heterocycles. The minimum absolute atomic E-state index is 0.00212. The highest BCUT2D eigenvalue weighted by molar-refractivity contribution is 5.46. The number of hydrogen-bond acceptors (Lipinski definition) is 3. The van der Waals surface area contributed by atoms with Crippen LogP contribution < -0.4 is 15.2 Å². The molecule has 0 spiro atoms. The second kappa shape index (κ2) is 6.00. The predicted octanol–water partition coefficient (Wildman–Crippen LogP) is 3.74. The van der Waals surface area contributed by atoms with Crippen molar-refractivity contribution in [1.82, 2.24) is 0 Å². The van der Waals surface area contributed by atoms with Crippen molar-refractivity contribution in [3.05, 3.63) is 23.5 Å². The summed E-state index contributed by atoms with van der Waals surface area (Å²) in [6.07, 6.45) is 4.90. The molecule has 2 rings (SSSR count). The van der Waals surface area contributed by atoms with Crippen molar-refractivity contribution < 1.29 is 13.9 Å². The number of halogens is 1. The van der Waals surface area contributed by atoms with Gasteiger partial charge in [-0.3, -0.25) is 0 Å². The standard InChI is InChI=1S/C16H24FNO2/c1-11(2)20-15-9-12(13(17)10-14(15)19-3)16(18)7-5-4-6-8-16/h9-11H,4-8,18H2,1-3H3. The maximum absolute atomic E-state index is 14.4. The molecule has 1 aliphatic rings. The lowest BCUT2D eigenvalue weighted by atomic mass is 9.77. The van der Waals surface area contributed by atoms with Gasteiger partial charge >= 0.3 is 0 Å². The van der Waals surface area contributed by atoms with E-state index in [2.05, 4.69) is 0 Å². The summed E-state index contributed by atoms with van der Waals surface area (Å²) in [5, 5.41) is 0. The Labute approximate surface area is 120 Å². The van der Waals surface area contributed by atoms with Crippen molar-refractivity contribution in [3.8, 4) is 11.5 Å². The lowest BCUT2D eigenvalue weighted by Crippen LogP contribution is -2.39. The number of rotatable bonds is 4. The Morgan fingerprint density at radius 3 is 2.35 bits per heavy atom. The molecular weight excluding hydrogens is 257 g/mol. The fraction of sp³-hybridized carbons (Fsp3) is 0.625. The van der Waals surface area contributed by atoms with E-state index in [0.29, 0.717) is 17.1 Å². The van der Waals surface area contributed by atoms with E-state index in [1.165, 1.54) is 19.6 Å². The molecule has 1 aliphatic carbocycles. The van der Waals surface area contributed by atoms with Gasteiger partial charge in [-0.2, -0.15) is 0 Å². The summed E-state index contributed by atoms with van der Waals surface area (Å²) in [5.41, 5.74) is 6.41. The highest BCUT2D eigenvalue weighted by Gasteiger charge is 2.33. The number of benzene rings is 1. The van der Waals surface area contributed by atoms with Crippen LogP contribution in [0.2, 0.25) is 0 Å². The molecule has 3 nitrogen and oxygen atoms in total. The first-order valence-corrected chi connectivity index (χ1v) is 7.30. The molecule has 1 aromatic carbocycles. The summed E-state index contributed by atoms with van der Waals surface area (Å²) in [6.45, 7) is 3.86. The SMILES string of the molecule is COc1cc(F)c(C2(N)CCCCC2)cc1OC(C)C. The van der Waals surface area contributed by atoms with Gasteiger partial charge in [-0.05, 0) is 32.8 Å². The first kappa shape index (κ1) is 15.1. The molecule has 0 bridgehead atoms. The van der Waals surface area contributed by atoms with Gasteiger partial charge in [0.1, 0.15) is 5.82 Å². The third kappa shape index (κ3) is 3.06. The van der Waals surface area contributed by atoms with Crippen molar-refractivity contribution >= 4 is 0 Å². The van der Waals surface area contributed by atoms with E-state index < -0.39 is 5.54 Å². The minimum Gasteiger partial charge on any atom is -0.493 e. The van der Waals surface area contributed by atoms with Crippen LogP contribution in [-0.2, 0) is 5.54 Å². The number of nitrogens with two attached hydrogens (primary N) is 1. The Balaban J connectivity index is 2.42. The fourth-order valence-electron chi connectivity index (χ4n) is 2.87. The van der Waals surface area contributed by atoms with E-state index in [4.69, 9.17) is 15.2 Å². The lowest BCUT2D eigenvalue weighted by Gasteiger charge is -2.34. The third-order valence-electron chi connectivity index (χ3n) is 3.90. The van der Waals surface area contributed by atoms with Gasteiger partial charge in [-0.25, -0.2) is 4.39 Å². The van der Waals surface area contributed by atoms with Crippen LogP contribution >= 0.6 is 0 Å². The van der Waals surface area contributed by atoms with Gasteiger partial charge in [0.2, 0.25) is 0 Å². The predicted molar refractivity (Wildman–Crippen MR) is 77.7 cm³/mol. The second-order valence-corrected chi connectivity index (χ2v) is 5.87. The van der Waals surface area contributed by atoms with Crippen LogP contribution in [0.1, 0.15) is 51.5 Å². The first-order chi connectivity index (χ1) is 9.46. The summed E-state index contributed by atoms with van der Waals surface area (Å²) in [6, 6.07) is 3.11. The van der Waals surface area contributed by atoms with Crippen LogP contribution in [0.4, 0.5) is 4.39 Å². The van der Waals surface area contributed by atoms with Gasteiger partial charge in [-0.15, -0.1) is 0 Å². The zero-order chi connectivity index (χ0) is 14.8. The van der Waals surface area contributed by atoms with Crippen LogP contribution in [0, 0.1) is 5.82 Å². The van der Waals surface area contributed by atoms with Gasteiger partial charge in [-0.1, -0.05) is 19.3 Å². The molecule has 0 heterocycles. The molecule has 0 saturated heterocycles. The average molecular weight is 281 g/mol. The monoisotopic (exact) mass is 281 g/mol.